The van der Waals surface area contributed by atoms with Crippen molar-refractivity contribution in [2.75, 3.05) is 13.1 Å². The maximum absolute atomic E-state index is 13.9. The topological polar surface area (TPSA) is 62.3 Å². The number of carbonyl (C=O) groups excluding carboxylic acids is 2. The van der Waals surface area contributed by atoms with Gasteiger partial charge in [-0.2, -0.15) is 0 Å². The van der Waals surface area contributed by atoms with Crippen LogP contribution in [0, 0.1) is 18.7 Å². The van der Waals surface area contributed by atoms with E-state index in [0.717, 1.165) is 16.7 Å². The summed E-state index contributed by atoms with van der Waals surface area (Å²) in [6.45, 7) is 2.96. The molecule has 1 saturated heterocycles. The van der Waals surface area contributed by atoms with Crippen LogP contribution in [0.2, 0.25) is 0 Å². The quantitative estimate of drug-likeness (QED) is 0.689. The molecule has 5 nitrogen and oxygen atoms in total. The van der Waals surface area contributed by atoms with Crippen molar-refractivity contribution in [1.29, 1.82) is 0 Å². The number of aromatic nitrogens is 1. The highest BCUT2D eigenvalue weighted by Crippen LogP contribution is 2.34. The van der Waals surface area contributed by atoms with Crippen LogP contribution in [0.3, 0.4) is 0 Å². The largest absolute Gasteiger partial charge is 0.352 e. The van der Waals surface area contributed by atoms with Gasteiger partial charge in [0.2, 0.25) is 5.91 Å². The number of aryl methyl sites for hydroxylation is 1. The van der Waals surface area contributed by atoms with Crippen LogP contribution in [0.1, 0.15) is 33.0 Å². The minimum atomic E-state index is -0.465. The molecule has 2 aromatic carbocycles. The molecule has 0 bridgehead atoms. The van der Waals surface area contributed by atoms with Gasteiger partial charge in [0.15, 0.2) is 0 Å². The second-order valence-electron chi connectivity index (χ2n) is 7.92. The zero-order chi connectivity index (χ0) is 21.8. The average molecular weight is 417 g/mol. The van der Waals surface area contributed by atoms with E-state index in [-0.39, 0.29) is 30.1 Å². The first-order chi connectivity index (χ1) is 15.0. The molecule has 6 heteroatoms. The van der Waals surface area contributed by atoms with Crippen LogP contribution in [-0.4, -0.2) is 34.8 Å². The number of pyridine rings is 1. The zero-order valence-electron chi connectivity index (χ0n) is 17.3. The van der Waals surface area contributed by atoms with Crippen LogP contribution in [0.25, 0.3) is 0 Å². The standard InChI is InChI=1S/C25H24FN3O2/c1-17-7-9-19(10-8-17)25(31)29-15-22(20-5-2-6-21(26)12-20)23(16-29)24(30)28-14-18-4-3-11-27-13-18/h2-13,22-23H,14-16H2,1H3,(H,28,30). The normalized spacial score (nSPS) is 18.1. The van der Waals surface area contributed by atoms with Gasteiger partial charge in [0, 0.05) is 43.5 Å². The molecule has 1 aliphatic heterocycles. The van der Waals surface area contributed by atoms with E-state index in [0.29, 0.717) is 18.7 Å². The maximum atomic E-state index is 13.9. The molecule has 0 radical (unpaired) electrons. The Morgan fingerprint density at radius 3 is 2.61 bits per heavy atom. The van der Waals surface area contributed by atoms with Crippen molar-refractivity contribution in [2.24, 2.45) is 5.92 Å². The number of benzene rings is 2. The molecule has 1 N–H and O–H groups in total. The summed E-state index contributed by atoms with van der Waals surface area (Å²) in [6, 6.07) is 17.4. The molecule has 2 unspecified atom stereocenters. The molecular formula is C25H24FN3O2. The molecule has 31 heavy (non-hydrogen) atoms. The number of nitrogens with zero attached hydrogens (tertiary/aromatic N) is 2. The lowest BCUT2D eigenvalue weighted by Gasteiger charge is -2.18. The molecule has 4 rings (SSSR count). The fraction of sp³-hybridized carbons (Fsp3) is 0.240. The van der Waals surface area contributed by atoms with E-state index >= 15 is 0 Å². The lowest BCUT2D eigenvalue weighted by molar-refractivity contribution is -0.125. The Morgan fingerprint density at radius 1 is 1.10 bits per heavy atom. The molecule has 3 aromatic rings. The van der Waals surface area contributed by atoms with Crippen LogP contribution in [0.15, 0.2) is 73.1 Å². The average Bonchev–Trinajstić information content (AvgIpc) is 3.24. The second-order valence-corrected chi connectivity index (χ2v) is 7.92. The summed E-state index contributed by atoms with van der Waals surface area (Å²) >= 11 is 0. The summed E-state index contributed by atoms with van der Waals surface area (Å²) in [4.78, 5) is 31.9. The summed E-state index contributed by atoms with van der Waals surface area (Å²) in [5.74, 6) is -1.37. The summed E-state index contributed by atoms with van der Waals surface area (Å²) in [7, 11) is 0. The number of nitrogens with one attached hydrogen (secondary N) is 1. The van der Waals surface area contributed by atoms with Crippen molar-refractivity contribution in [1.82, 2.24) is 15.2 Å². The van der Waals surface area contributed by atoms with Crippen LogP contribution in [0.4, 0.5) is 4.39 Å². The van der Waals surface area contributed by atoms with Gasteiger partial charge in [-0.15, -0.1) is 0 Å². The number of carbonyl (C=O) groups is 2. The van der Waals surface area contributed by atoms with E-state index in [4.69, 9.17) is 0 Å². The van der Waals surface area contributed by atoms with Crippen molar-refractivity contribution in [3.05, 3.63) is 101 Å². The van der Waals surface area contributed by atoms with Gasteiger partial charge in [-0.25, -0.2) is 4.39 Å². The number of hydrogen-bond donors (Lipinski definition) is 1. The van der Waals surface area contributed by atoms with Crippen LogP contribution in [-0.2, 0) is 11.3 Å². The highest BCUT2D eigenvalue weighted by Gasteiger charge is 2.40. The summed E-state index contributed by atoms with van der Waals surface area (Å²) < 4.78 is 13.9. The van der Waals surface area contributed by atoms with E-state index in [1.165, 1.54) is 12.1 Å². The molecule has 2 heterocycles. The van der Waals surface area contributed by atoms with Gasteiger partial charge in [-0.1, -0.05) is 35.9 Å². The van der Waals surface area contributed by atoms with E-state index in [9.17, 15) is 14.0 Å². The number of amides is 2. The monoisotopic (exact) mass is 417 g/mol. The van der Waals surface area contributed by atoms with Gasteiger partial charge < -0.3 is 10.2 Å². The Hall–Kier alpha value is -3.54. The third-order valence-electron chi connectivity index (χ3n) is 5.71. The minimum absolute atomic E-state index is 0.121. The van der Waals surface area contributed by atoms with Crippen LogP contribution < -0.4 is 5.32 Å². The van der Waals surface area contributed by atoms with Crippen molar-refractivity contribution >= 4 is 11.8 Å². The third kappa shape index (κ3) is 4.79. The summed E-state index contributed by atoms with van der Waals surface area (Å²) in [5, 5.41) is 2.95. The van der Waals surface area contributed by atoms with E-state index in [2.05, 4.69) is 10.3 Å². The molecule has 2 atom stereocenters. The van der Waals surface area contributed by atoms with E-state index in [1.807, 2.05) is 37.3 Å². The molecular weight excluding hydrogens is 393 g/mol. The van der Waals surface area contributed by atoms with Crippen molar-refractivity contribution in [3.63, 3.8) is 0 Å². The number of halogens is 1. The van der Waals surface area contributed by atoms with Gasteiger partial charge in [0.1, 0.15) is 5.82 Å². The van der Waals surface area contributed by atoms with Gasteiger partial charge >= 0.3 is 0 Å². The van der Waals surface area contributed by atoms with Crippen molar-refractivity contribution in [3.8, 4) is 0 Å². The lowest BCUT2D eigenvalue weighted by atomic mass is 9.88. The molecule has 1 fully saturated rings. The fourth-order valence-electron chi connectivity index (χ4n) is 4.01. The first-order valence-corrected chi connectivity index (χ1v) is 10.3. The van der Waals surface area contributed by atoms with Crippen molar-refractivity contribution < 1.29 is 14.0 Å². The van der Waals surface area contributed by atoms with Crippen LogP contribution >= 0.6 is 0 Å². The highest BCUT2D eigenvalue weighted by atomic mass is 19.1. The molecule has 1 aliphatic rings. The number of likely N-dealkylation sites (tertiary alicyclic amines) is 1. The molecule has 0 saturated carbocycles. The number of hydrogen-bond acceptors (Lipinski definition) is 3. The predicted molar refractivity (Wildman–Crippen MR) is 116 cm³/mol. The lowest BCUT2D eigenvalue weighted by Crippen LogP contribution is -2.35. The number of rotatable bonds is 5. The highest BCUT2D eigenvalue weighted by molar-refractivity contribution is 5.95. The molecule has 2 amide bonds. The van der Waals surface area contributed by atoms with E-state index in [1.54, 1.807) is 35.5 Å². The Balaban J connectivity index is 1.55. The SMILES string of the molecule is Cc1ccc(C(=O)N2CC(C(=O)NCc3cccnc3)C(c3cccc(F)c3)C2)cc1. The summed E-state index contributed by atoms with van der Waals surface area (Å²) in [6.07, 6.45) is 3.38. The van der Waals surface area contributed by atoms with Crippen LogP contribution in [0.5, 0.6) is 0 Å². The second kappa shape index (κ2) is 9.08. The maximum Gasteiger partial charge on any atom is 0.253 e. The molecule has 0 aliphatic carbocycles. The Morgan fingerprint density at radius 2 is 1.90 bits per heavy atom. The molecule has 0 spiro atoms. The Kier molecular flexibility index (Phi) is 6.07. The smallest absolute Gasteiger partial charge is 0.253 e. The first kappa shape index (κ1) is 20.7. The Labute approximate surface area is 180 Å². The third-order valence-corrected chi connectivity index (χ3v) is 5.71. The predicted octanol–water partition coefficient (Wildman–Crippen LogP) is 3.70. The fourth-order valence-corrected chi connectivity index (χ4v) is 4.01. The van der Waals surface area contributed by atoms with Gasteiger partial charge in [0.05, 0.1) is 5.92 Å². The van der Waals surface area contributed by atoms with Gasteiger partial charge in [0.25, 0.3) is 5.91 Å². The summed E-state index contributed by atoms with van der Waals surface area (Å²) in [5.41, 5.74) is 3.27. The van der Waals surface area contributed by atoms with E-state index < -0.39 is 5.92 Å². The van der Waals surface area contributed by atoms with Gasteiger partial charge in [-0.05, 0) is 48.4 Å². The Bertz CT molecular complexity index is 1070. The first-order valence-electron chi connectivity index (χ1n) is 10.3. The van der Waals surface area contributed by atoms with Crippen molar-refractivity contribution in [2.45, 2.75) is 19.4 Å². The minimum Gasteiger partial charge on any atom is -0.352 e. The van der Waals surface area contributed by atoms with Gasteiger partial charge in [-0.3, -0.25) is 14.6 Å². The molecule has 158 valence electrons. The molecule has 1 aromatic heterocycles. The zero-order valence-corrected chi connectivity index (χ0v) is 17.3.